The molecule has 0 aliphatic carbocycles. The molecule has 1 heterocycles. The van der Waals surface area contributed by atoms with Crippen molar-refractivity contribution in [3.63, 3.8) is 0 Å². The van der Waals surface area contributed by atoms with E-state index in [2.05, 4.69) is 9.50 Å². The minimum Gasteiger partial charge on any atom is -0.378 e. The van der Waals surface area contributed by atoms with Crippen molar-refractivity contribution in [3.8, 4) is 0 Å². The molecule has 1 N–H and O–H groups in total. The van der Waals surface area contributed by atoms with E-state index in [1.54, 1.807) is 4.90 Å². The number of hydrogen-bond donors (Lipinski definition) is 1. The molecular formula is C17H23FN2O7S. The predicted octanol–water partition coefficient (Wildman–Crippen LogP) is -0.224. The van der Waals surface area contributed by atoms with E-state index in [1.165, 1.54) is 12.1 Å². The van der Waals surface area contributed by atoms with Gasteiger partial charge in [0, 0.05) is 18.7 Å². The van der Waals surface area contributed by atoms with Gasteiger partial charge in [-0.1, -0.05) is 0 Å². The number of nitrogens with zero attached hydrogens (tertiary/aromatic N) is 1. The zero-order chi connectivity index (χ0) is 20.6. The van der Waals surface area contributed by atoms with E-state index in [1.807, 2.05) is 0 Å². The van der Waals surface area contributed by atoms with Gasteiger partial charge in [0.25, 0.3) is 16.0 Å². The van der Waals surface area contributed by atoms with Gasteiger partial charge in [-0.05, 0) is 24.3 Å². The fraction of sp³-hybridized carbons (Fsp3) is 0.529. The summed E-state index contributed by atoms with van der Waals surface area (Å²) < 4.78 is 50.0. The zero-order valence-corrected chi connectivity index (χ0v) is 16.2. The summed E-state index contributed by atoms with van der Waals surface area (Å²) >= 11 is 0. The normalized spacial score (nSPS) is 15.9. The molecule has 1 aromatic rings. The quantitative estimate of drug-likeness (QED) is 0.436. The van der Waals surface area contributed by atoms with Crippen molar-refractivity contribution in [3.05, 3.63) is 35.6 Å². The van der Waals surface area contributed by atoms with Crippen molar-refractivity contribution in [2.24, 2.45) is 0 Å². The highest BCUT2D eigenvalue weighted by atomic mass is 32.2. The number of halogens is 1. The van der Waals surface area contributed by atoms with E-state index >= 15 is 0 Å². The molecule has 2 rings (SSSR count). The first kappa shape index (κ1) is 22.2. The smallest absolute Gasteiger partial charge is 0.264 e. The average molecular weight is 418 g/mol. The number of carbonyl (C=O) groups is 2. The SMILES string of the molecule is CS(=O)(=O)OCCOC[C@H](NC(=O)c1ccc(F)cc1)C(=O)N1CCOCC1. The fourth-order valence-corrected chi connectivity index (χ4v) is 2.84. The van der Waals surface area contributed by atoms with Crippen LogP contribution in [0.5, 0.6) is 0 Å². The lowest BCUT2D eigenvalue weighted by Gasteiger charge is -2.30. The van der Waals surface area contributed by atoms with E-state index in [0.717, 1.165) is 18.4 Å². The Morgan fingerprint density at radius 3 is 2.46 bits per heavy atom. The molecule has 1 atom stereocenters. The van der Waals surface area contributed by atoms with Gasteiger partial charge < -0.3 is 19.7 Å². The number of nitrogens with one attached hydrogen (secondary N) is 1. The van der Waals surface area contributed by atoms with Crippen LogP contribution in [0.3, 0.4) is 0 Å². The number of carbonyl (C=O) groups excluding carboxylic acids is 2. The first-order valence-electron chi connectivity index (χ1n) is 8.61. The van der Waals surface area contributed by atoms with Crippen LogP contribution in [0.25, 0.3) is 0 Å². The third-order valence-electron chi connectivity index (χ3n) is 3.84. The molecule has 1 aliphatic heterocycles. The second kappa shape index (κ2) is 10.5. The molecule has 0 radical (unpaired) electrons. The summed E-state index contributed by atoms with van der Waals surface area (Å²) in [5, 5.41) is 2.58. The maximum atomic E-state index is 13.0. The number of hydrogen-bond acceptors (Lipinski definition) is 7. The fourth-order valence-electron chi connectivity index (χ4n) is 2.47. The van der Waals surface area contributed by atoms with Gasteiger partial charge in [0.1, 0.15) is 11.9 Å². The van der Waals surface area contributed by atoms with E-state index < -0.39 is 27.9 Å². The monoisotopic (exact) mass is 418 g/mol. The summed E-state index contributed by atoms with van der Waals surface area (Å²) in [4.78, 5) is 26.7. The Morgan fingerprint density at radius 1 is 1.21 bits per heavy atom. The Morgan fingerprint density at radius 2 is 1.86 bits per heavy atom. The van der Waals surface area contributed by atoms with E-state index in [-0.39, 0.29) is 31.3 Å². The molecule has 0 aromatic heterocycles. The summed E-state index contributed by atoms with van der Waals surface area (Å²) in [6, 6.07) is 3.91. The summed E-state index contributed by atoms with van der Waals surface area (Å²) in [6.45, 7) is 1.12. The van der Waals surface area contributed by atoms with Crippen LogP contribution in [0.2, 0.25) is 0 Å². The van der Waals surface area contributed by atoms with Crippen LogP contribution < -0.4 is 5.32 Å². The number of benzene rings is 1. The molecule has 1 saturated heterocycles. The third-order valence-corrected chi connectivity index (χ3v) is 4.44. The van der Waals surface area contributed by atoms with Gasteiger partial charge >= 0.3 is 0 Å². The summed E-state index contributed by atoms with van der Waals surface area (Å²) in [7, 11) is -3.59. The highest BCUT2D eigenvalue weighted by molar-refractivity contribution is 7.85. The maximum Gasteiger partial charge on any atom is 0.264 e. The molecule has 1 fully saturated rings. The second-order valence-electron chi connectivity index (χ2n) is 6.07. The number of amides is 2. The first-order valence-corrected chi connectivity index (χ1v) is 10.4. The Hall–Kier alpha value is -2.08. The van der Waals surface area contributed by atoms with E-state index in [4.69, 9.17) is 9.47 Å². The van der Waals surface area contributed by atoms with Gasteiger partial charge in [-0.15, -0.1) is 0 Å². The molecule has 0 bridgehead atoms. The topological polar surface area (TPSA) is 111 Å². The van der Waals surface area contributed by atoms with Gasteiger partial charge in [-0.25, -0.2) is 4.39 Å². The highest BCUT2D eigenvalue weighted by Gasteiger charge is 2.28. The number of ether oxygens (including phenoxy) is 2. The highest BCUT2D eigenvalue weighted by Crippen LogP contribution is 2.06. The van der Waals surface area contributed by atoms with Gasteiger partial charge in [-0.3, -0.25) is 13.8 Å². The zero-order valence-electron chi connectivity index (χ0n) is 15.4. The number of morpholine rings is 1. The van der Waals surface area contributed by atoms with E-state index in [9.17, 15) is 22.4 Å². The second-order valence-corrected chi connectivity index (χ2v) is 7.72. The van der Waals surface area contributed by atoms with Gasteiger partial charge in [0.2, 0.25) is 5.91 Å². The summed E-state index contributed by atoms with van der Waals surface area (Å²) in [5.41, 5.74) is 0.196. The molecule has 11 heteroatoms. The molecule has 0 saturated carbocycles. The number of rotatable bonds is 9. The van der Waals surface area contributed by atoms with Crippen LogP contribution in [0.4, 0.5) is 4.39 Å². The average Bonchev–Trinajstić information content (AvgIpc) is 2.66. The van der Waals surface area contributed by atoms with Crippen LogP contribution in [-0.4, -0.2) is 83.6 Å². The minimum atomic E-state index is -3.59. The van der Waals surface area contributed by atoms with Crippen LogP contribution >= 0.6 is 0 Å². The predicted molar refractivity (Wildman–Crippen MR) is 96.7 cm³/mol. The summed E-state index contributed by atoms with van der Waals surface area (Å²) in [6.07, 6.45) is 0.917. The lowest BCUT2D eigenvalue weighted by Crippen LogP contribution is -2.53. The van der Waals surface area contributed by atoms with Crippen molar-refractivity contribution in [2.45, 2.75) is 6.04 Å². The molecule has 9 nitrogen and oxygen atoms in total. The maximum absolute atomic E-state index is 13.0. The third kappa shape index (κ3) is 7.50. The molecule has 2 amide bonds. The Kier molecular flexibility index (Phi) is 8.30. The molecule has 1 aliphatic rings. The van der Waals surface area contributed by atoms with Crippen LogP contribution in [0.15, 0.2) is 24.3 Å². The Balaban J connectivity index is 1.97. The molecule has 1 aromatic carbocycles. The van der Waals surface area contributed by atoms with Gasteiger partial charge in [0.15, 0.2) is 0 Å². The molecular weight excluding hydrogens is 395 g/mol. The van der Waals surface area contributed by atoms with Crippen molar-refractivity contribution in [1.29, 1.82) is 0 Å². The van der Waals surface area contributed by atoms with E-state index in [0.29, 0.717) is 26.3 Å². The van der Waals surface area contributed by atoms with Crippen molar-refractivity contribution < 1.29 is 36.1 Å². The largest absolute Gasteiger partial charge is 0.378 e. The molecule has 28 heavy (non-hydrogen) atoms. The molecule has 156 valence electrons. The molecule has 0 spiro atoms. The van der Waals surface area contributed by atoms with Crippen molar-refractivity contribution >= 4 is 21.9 Å². The van der Waals surface area contributed by atoms with Crippen LogP contribution in [0, 0.1) is 5.82 Å². The minimum absolute atomic E-state index is 0.0770. The Labute approximate surface area is 162 Å². The lowest BCUT2D eigenvalue weighted by molar-refractivity contribution is -0.139. The Bertz CT molecular complexity index is 764. The van der Waals surface area contributed by atoms with Crippen molar-refractivity contribution in [2.75, 3.05) is 52.4 Å². The van der Waals surface area contributed by atoms with Gasteiger partial charge in [-0.2, -0.15) is 8.42 Å². The first-order chi connectivity index (χ1) is 13.3. The molecule has 0 unspecified atom stereocenters. The van der Waals surface area contributed by atoms with Crippen LogP contribution in [-0.2, 0) is 28.6 Å². The summed E-state index contributed by atoms with van der Waals surface area (Å²) in [5.74, 6) is -1.38. The van der Waals surface area contributed by atoms with Crippen LogP contribution in [0.1, 0.15) is 10.4 Å². The van der Waals surface area contributed by atoms with Gasteiger partial charge in [0.05, 0.1) is 39.3 Å². The lowest BCUT2D eigenvalue weighted by atomic mass is 10.1. The van der Waals surface area contributed by atoms with Crippen molar-refractivity contribution in [1.82, 2.24) is 10.2 Å². The standard InChI is InChI=1S/C17H23FN2O7S/c1-28(23,24)27-11-10-26-12-15(17(22)20-6-8-25-9-7-20)19-16(21)13-2-4-14(18)5-3-13/h2-5,15H,6-12H2,1H3,(H,19,21)/t15-/m0/s1.